The highest BCUT2D eigenvalue weighted by atomic mass is 16.5. The lowest BCUT2D eigenvalue weighted by Crippen LogP contribution is -2.33. The zero-order valence-corrected chi connectivity index (χ0v) is 18.5. The highest BCUT2D eigenvalue weighted by Crippen LogP contribution is 2.31. The first kappa shape index (κ1) is 25.7. The van der Waals surface area contributed by atoms with Gasteiger partial charge >= 0.3 is 11.9 Å². The molecule has 0 bridgehead atoms. The molecule has 0 aromatic heterocycles. The van der Waals surface area contributed by atoms with Crippen LogP contribution in [0.5, 0.6) is 0 Å². The number of carboxylic acid groups (broad SMARTS) is 1. The van der Waals surface area contributed by atoms with E-state index in [1.54, 1.807) is 0 Å². The van der Waals surface area contributed by atoms with E-state index in [0.29, 0.717) is 19.4 Å². The molecule has 1 saturated carbocycles. The van der Waals surface area contributed by atoms with E-state index in [2.05, 4.69) is 6.58 Å². The normalized spacial score (nSPS) is 19.0. The number of esters is 1. The van der Waals surface area contributed by atoms with Crippen LogP contribution in [-0.2, 0) is 14.3 Å². The second kappa shape index (κ2) is 17.5. The highest BCUT2D eigenvalue weighted by molar-refractivity contribution is 5.81. The third-order valence-corrected chi connectivity index (χ3v) is 6.18. The highest BCUT2D eigenvalue weighted by Gasteiger charge is 2.36. The Morgan fingerprint density at radius 3 is 1.69 bits per heavy atom. The van der Waals surface area contributed by atoms with Crippen molar-refractivity contribution < 1.29 is 19.4 Å². The van der Waals surface area contributed by atoms with Crippen LogP contribution in [0.2, 0.25) is 0 Å². The summed E-state index contributed by atoms with van der Waals surface area (Å²) in [6, 6.07) is 0. The van der Waals surface area contributed by atoms with Crippen LogP contribution < -0.4 is 0 Å². The quantitative estimate of drug-likeness (QED) is 0.150. The second-order valence-corrected chi connectivity index (χ2v) is 8.68. The maximum atomic E-state index is 12.2. The number of hydrogen-bond acceptors (Lipinski definition) is 3. The number of hydrogen-bond donors (Lipinski definition) is 1. The van der Waals surface area contributed by atoms with Gasteiger partial charge in [-0.15, -0.1) is 6.58 Å². The standard InChI is InChI=1S/C25H44O4/c1-2-3-4-5-6-7-8-9-10-11-12-13-14-15-18-21-29-25(28)23-20-17-16-19-22(23)24(26)27/h2,22-23H,1,3-21H2,(H,26,27). The molecule has 0 aromatic rings. The van der Waals surface area contributed by atoms with Crippen LogP contribution in [0.3, 0.4) is 0 Å². The van der Waals surface area contributed by atoms with Crippen molar-refractivity contribution in [2.75, 3.05) is 6.61 Å². The van der Waals surface area contributed by atoms with E-state index in [-0.39, 0.29) is 5.97 Å². The largest absolute Gasteiger partial charge is 0.481 e. The Morgan fingerprint density at radius 1 is 0.759 bits per heavy atom. The van der Waals surface area contributed by atoms with Crippen LogP contribution in [0.25, 0.3) is 0 Å². The van der Waals surface area contributed by atoms with E-state index in [0.717, 1.165) is 32.1 Å². The Balaban J connectivity index is 1.87. The van der Waals surface area contributed by atoms with Gasteiger partial charge in [-0.05, 0) is 32.1 Å². The van der Waals surface area contributed by atoms with Gasteiger partial charge in [0.15, 0.2) is 0 Å². The summed E-state index contributed by atoms with van der Waals surface area (Å²) < 4.78 is 5.37. The molecule has 0 radical (unpaired) electrons. The number of ether oxygens (including phenoxy) is 1. The van der Waals surface area contributed by atoms with Gasteiger partial charge in [0, 0.05) is 0 Å². The van der Waals surface area contributed by atoms with Gasteiger partial charge in [-0.1, -0.05) is 89.5 Å². The molecule has 29 heavy (non-hydrogen) atoms. The van der Waals surface area contributed by atoms with Gasteiger partial charge in [-0.2, -0.15) is 0 Å². The number of carboxylic acids is 1. The first-order valence-corrected chi connectivity index (χ1v) is 12.2. The predicted molar refractivity (Wildman–Crippen MR) is 119 cm³/mol. The van der Waals surface area contributed by atoms with Crippen molar-refractivity contribution >= 4 is 11.9 Å². The molecule has 1 rings (SSSR count). The Labute approximate surface area is 178 Å². The summed E-state index contributed by atoms with van der Waals surface area (Å²) in [4.78, 5) is 23.5. The average Bonchev–Trinajstić information content (AvgIpc) is 2.73. The number of carbonyl (C=O) groups is 2. The molecule has 4 heteroatoms. The summed E-state index contributed by atoms with van der Waals surface area (Å²) in [5, 5.41) is 9.26. The zero-order valence-electron chi connectivity index (χ0n) is 18.5. The molecular formula is C25H44O4. The molecule has 1 fully saturated rings. The van der Waals surface area contributed by atoms with E-state index in [1.807, 2.05) is 6.08 Å². The minimum atomic E-state index is -0.852. The van der Waals surface area contributed by atoms with Crippen molar-refractivity contribution in [3.63, 3.8) is 0 Å². The van der Waals surface area contributed by atoms with E-state index in [4.69, 9.17) is 4.74 Å². The smallest absolute Gasteiger partial charge is 0.309 e. The minimum absolute atomic E-state index is 0.294. The number of unbranched alkanes of at least 4 members (excludes halogenated alkanes) is 13. The van der Waals surface area contributed by atoms with E-state index >= 15 is 0 Å². The molecule has 1 aliphatic rings. The fourth-order valence-electron chi connectivity index (χ4n) is 4.32. The van der Waals surface area contributed by atoms with E-state index in [9.17, 15) is 14.7 Å². The molecule has 0 spiro atoms. The third kappa shape index (κ3) is 12.8. The van der Waals surface area contributed by atoms with Crippen LogP contribution in [0, 0.1) is 11.8 Å². The predicted octanol–water partition coefficient (Wildman–Crippen LogP) is 7.07. The lowest BCUT2D eigenvalue weighted by atomic mass is 9.79. The average molecular weight is 409 g/mol. The van der Waals surface area contributed by atoms with E-state index in [1.165, 1.54) is 70.6 Å². The molecule has 4 nitrogen and oxygen atoms in total. The van der Waals surface area contributed by atoms with Crippen molar-refractivity contribution in [3.05, 3.63) is 12.7 Å². The number of rotatable bonds is 18. The lowest BCUT2D eigenvalue weighted by molar-refractivity contribution is -0.159. The molecule has 0 heterocycles. The van der Waals surface area contributed by atoms with Crippen LogP contribution >= 0.6 is 0 Å². The fraction of sp³-hybridized carbons (Fsp3) is 0.840. The van der Waals surface area contributed by atoms with Crippen molar-refractivity contribution in [1.82, 2.24) is 0 Å². The zero-order chi connectivity index (χ0) is 21.2. The van der Waals surface area contributed by atoms with Gasteiger partial charge in [-0.3, -0.25) is 9.59 Å². The Kier molecular flexibility index (Phi) is 15.5. The van der Waals surface area contributed by atoms with Gasteiger partial charge in [0.25, 0.3) is 0 Å². The maximum absolute atomic E-state index is 12.2. The summed E-state index contributed by atoms with van der Waals surface area (Å²) in [7, 11) is 0. The van der Waals surface area contributed by atoms with Crippen LogP contribution in [0.15, 0.2) is 12.7 Å². The van der Waals surface area contributed by atoms with Gasteiger partial charge < -0.3 is 9.84 Å². The first-order valence-electron chi connectivity index (χ1n) is 12.2. The van der Waals surface area contributed by atoms with E-state index < -0.39 is 17.8 Å². The SMILES string of the molecule is C=CCCCCCCCCCCCCCCCOC(=O)C1CCCCC1C(=O)O. The van der Waals surface area contributed by atoms with Crippen LogP contribution in [0.4, 0.5) is 0 Å². The molecule has 168 valence electrons. The Bertz CT molecular complexity index is 446. The monoisotopic (exact) mass is 408 g/mol. The van der Waals surface area contributed by atoms with Gasteiger partial charge in [0.2, 0.25) is 0 Å². The molecule has 1 N–H and O–H groups in total. The molecule has 2 unspecified atom stereocenters. The second-order valence-electron chi connectivity index (χ2n) is 8.68. The molecule has 0 saturated heterocycles. The molecule has 0 aromatic carbocycles. The first-order chi connectivity index (χ1) is 14.2. The summed E-state index contributed by atoms with van der Waals surface area (Å²) in [5.41, 5.74) is 0. The van der Waals surface area contributed by atoms with Gasteiger partial charge in [-0.25, -0.2) is 0 Å². The summed E-state index contributed by atoms with van der Waals surface area (Å²) in [5.74, 6) is -2.13. The molecule has 0 aliphatic heterocycles. The van der Waals surface area contributed by atoms with Gasteiger partial charge in [0.05, 0.1) is 18.4 Å². The number of aliphatic carboxylic acids is 1. The lowest BCUT2D eigenvalue weighted by Gasteiger charge is -2.26. The van der Waals surface area contributed by atoms with Gasteiger partial charge in [0.1, 0.15) is 0 Å². The summed E-state index contributed by atoms with van der Waals surface area (Å²) >= 11 is 0. The molecule has 0 amide bonds. The molecular weight excluding hydrogens is 364 g/mol. The minimum Gasteiger partial charge on any atom is -0.481 e. The van der Waals surface area contributed by atoms with Crippen molar-refractivity contribution in [2.45, 2.75) is 116 Å². The van der Waals surface area contributed by atoms with Crippen LogP contribution in [0.1, 0.15) is 116 Å². The topological polar surface area (TPSA) is 63.6 Å². The summed E-state index contributed by atoms with van der Waals surface area (Å²) in [6.45, 7) is 4.20. The number of carbonyl (C=O) groups excluding carboxylic acids is 1. The Morgan fingerprint density at radius 2 is 1.21 bits per heavy atom. The molecule has 2 atom stereocenters. The van der Waals surface area contributed by atoms with Crippen molar-refractivity contribution in [3.8, 4) is 0 Å². The number of allylic oxidation sites excluding steroid dienone is 1. The Hall–Kier alpha value is -1.32. The van der Waals surface area contributed by atoms with Crippen molar-refractivity contribution in [2.24, 2.45) is 11.8 Å². The molecule has 1 aliphatic carbocycles. The summed E-state index contributed by atoms with van der Waals surface area (Å²) in [6.07, 6.45) is 22.9. The maximum Gasteiger partial charge on any atom is 0.309 e. The van der Waals surface area contributed by atoms with Crippen molar-refractivity contribution in [1.29, 1.82) is 0 Å². The third-order valence-electron chi connectivity index (χ3n) is 6.18. The van der Waals surface area contributed by atoms with Crippen LogP contribution in [-0.4, -0.2) is 23.7 Å². The fourth-order valence-corrected chi connectivity index (χ4v) is 4.32.